The standard InChI is InChI=1S/C16H16N6O/c1-21(2)13-8-10-14(11-9-13)22-15(18-19-20-22)16(23)17-12-6-4-3-5-7-12/h3-11H,1-2H3,(H,17,23). The van der Waals surface area contributed by atoms with Crippen molar-refractivity contribution in [1.82, 2.24) is 20.2 Å². The van der Waals surface area contributed by atoms with E-state index in [4.69, 9.17) is 0 Å². The normalized spacial score (nSPS) is 10.3. The number of para-hydroxylation sites is 1. The van der Waals surface area contributed by atoms with Crippen LogP contribution in [0.1, 0.15) is 10.6 Å². The van der Waals surface area contributed by atoms with Gasteiger partial charge < -0.3 is 10.2 Å². The molecule has 0 bridgehead atoms. The van der Waals surface area contributed by atoms with Crippen LogP contribution in [0.25, 0.3) is 5.69 Å². The van der Waals surface area contributed by atoms with Gasteiger partial charge >= 0.3 is 0 Å². The summed E-state index contributed by atoms with van der Waals surface area (Å²) in [4.78, 5) is 14.4. The van der Waals surface area contributed by atoms with Crippen LogP contribution in [0, 0.1) is 0 Å². The summed E-state index contributed by atoms with van der Waals surface area (Å²) < 4.78 is 1.41. The molecule has 3 rings (SSSR count). The molecule has 0 spiro atoms. The molecule has 0 radical (unpaired) electrons. The fourth-order valence-corrected chi connectivity index (χ4v) is 2.10. The quantitative estimate of drug-likeness (QED) is 0.797. The van der Waals surface area contributed by atoms with Gasteiger partial charge in [0.25, 0.3) is 5.91 Å². The van der Waals surface area contributed by atoms with Crippen molar-refractivity contribution in [1.29, 1.82) is 0 Å². The van der Waals surface area contributed by atoms with Gasteiger partial charge in [0.15, 0.2) is 0 Å². The second-order valence-corrected chi connectivity index (χ2v) is 5.15. The minimum absolute atomic E-state index is 0.131. The molecule has 0 saturated heterocycles. The average Bonchev–Trinajstić information content (AvgIpc) is 3.05. The molecular weight excluding hydrogens is 292 g/mol. The number of anilines is 2. The summed E-state index contributed by atoms with van der Waals surface area (Å²) >= 11 is 0. The third-order valence-corrected chi connectivity index (χ3v) is 3.31. The van der Waals surface area contributed by atoms with Crippen LogP contribution >= 0.6 is 0 Å². The van der Waals surface area contributed by atoms with E-state index in [1.54, 1.807) is 12.1 Å². The highest BCUT2D eigenvalue weighted by molar-refractivity contribution is 6.01. The van der Waals surface area contributed by atoms with Crippen molar-refractivity contribution in [3.05, 3.63) is 60.4 Å². The Morgan fingerprint density at radius 1 is 1.04 bits per heavy atom. The molecule has 1 N–H and O–H groups in total. The van der Waals surface area contributed by atoms with E-state index >= 15 is 0 Å². The summed E-state index contributed by atoms with van der Waals surface area (Å²) in [6, 6.07) is 16.8. The summed E-state index contributed by atoms with van der Waals surface area (Å²) in [6.45, 7) is 0. The molecule has 7 heteroatoms. The molecule has 116 valence electrons. The number of nitrogens with zero attached hydrogens (tertiary/aromatic N) is 5. The first-order chi connectivity index (χ1) is 11.1. The van der Waals surface area contributed by atoms with Gasteiger partial charge in [0, 0.05) is 25.5 Å². The first kappa shape index (κ1) is 14.7. The van der Waals surface area contributed by atoms with Crippen molar-refractivity contribution in [2.75, 3.05) is 24.3 Å². The van der Waals surface area contributed by atoms with E-state index in [0.717, 1.165) is 11.4 Å². The monoisotopic (exact) mass is 308 g/mol. The number of hydrogen-bond donors (Lipinski definition) is 1. The van der Waals surface area contributed by atoms with Gasteiger partial charge in [-0.15, -0.1) is 5.10 Å². The van der Waals surface area contributed by atoms with Gasteiger partial charge in [-0.1, -0.05) is 18.2 Å². The van der Waals surface area contributed by atoms with Crippen LogP contribution < -0.4 is 10.2 Å². The van der Waals surface area contributed by atoms with Gasteiger partial charge in [-0.2, -0.15) is 4.68 Å². The lowest BCUT2D eigenvalue weighted by atomic mass is 10.2. The smallest absolute Gasteiger partial charge is 0.295 e. The summed E-state index contributed by atoms with van der Waals surface area (Å²) in [5.74, 6) is -0.232. The summed E-state index contributed by atoms with van der Waals surface area (Å²) in [5.41, 5.74) is 2.46. The van der Waals surface area contributed by atoms with Gasteiger partial charge in [0.1, 0.15) is 0 Å². The molecule has 0 fully saturated rings. The highest BCUT2D eigenvalue weighted by Gasteiger charge is 2.17. The molecule has 23 heavy (non-hydrogen) atoms. The third kappa shape index (κ3) is 3.18. The fourth-order valence-electron chi connectivity index (χ4n) is 2.10. The maximum absolute atomic E-state index is 12.4. The minimum Gasteiger partial charge on any atom is -0.378 e. The topological polar surface area (TPSA) is 75.9 Å². The number of carbonyl (C=O) groups is 1. The van der Waals surface area contributed by atoms with Crippen LogP contribution in [0.5, 0.6) is 0 Å². The molecule has 0 unspecified atom stereocenters. The SMILES string of the molecule is CN(C)c1ccc(-n2nnnc2C(=O)Nc2ccccc2)cc1. The number of amides is 1. The Hall–Kier alpha value is -3.22. The highest BCUT2D eigenvalue weighted by atomic mass is 16.2. The van der Waals surface area contributed by atoms with Crippen molar-refractivity contribution in [3.63, 3.8) is 0 Å². The van der Waals surface area contributed by atoms with Crippen LogP contribution in [0.4, 0.5) is 11.4 Å². The van der Waals surface area contributed by atoms with Crippen LogP contribution in [-0.4, -0.2) is 40.2 Å². The van der Waals surface area contributed by atoms with E-state index in [1.165, 1.54) is 4.68 Å². The molecule has 1 aromatic heterocycles. The molecule has 0 atom stereocenters. The first-order valence-electron chi connectivity index (χ1n) is 7.08. The number of hydrogen-bond acceptors (Lipinski definition) is 5. The van der Waals surface area contributed by atoms with Crippen molar-refractivity contribution < 1.29 is 4.79 Å². The maximum Gasteiger partial charge on any atom is 0.295 e. The highest BCUT2D eigenvalue weighted by Crippen LogP contribution is 2.16. The Labute approximate surface area is 133 Å². The van der Waals surface area contributed by atoms with Crippen molar-refractivity contribution in [2.45, 2.75) is 0 Å². The zero-order valence-electron chi connectivity index (χ0n) is 12.8. The summed E-state index contributed by atoms with van der Waals surface area (Å²) in [6.07, 6.45) is 0. The van der Waals surface area contributed by atoms with Gasteiger partial charge in [-0.3, -0.25) is 4.79 Å². The number of nitrogens with one attached hydrogen (secondary N) is 1. The molecule has 0 aliphatic heterocycles. The van der Waals surface area contributed by atoms with Crippen molar-refractivity contribution in [3.8, 4) is 5.69 Å². The average molecular weight is 308 g/mol. The van der Waals surface area contributed by atoms with Gasteiger partial charge in [0.2, 0.25) is 5.82 Å². The van der Waals surface area contributed by atoms with E-state index in [9.17, 15) is 4.79 Å². The summed E-state index contributed by atoms with van der Waals surface area (Å²) in [7, 11) is 3.93. The van der Waals surface area contributed by atoms with Crippen molar-refractivity contribution >= 4 is 17.3 Å². The van der Waals surface area contributed by atoms with E-state index < -0.39 is 0 Å². The molecule has 3 aromatic rings. The van der Waals surface area contributed by atoms with E-state index in [0.29, 0.717) is 5.69 Å². The van der Waals surface area contributed by atoms with Gasteiger partial charge in [-0.25, -0.2) is 0 Å². The molecule has 2 aromatic carbocycles. The lowest BCUT2D eigenvalue weighted by Crippen LogP contribution is -2.18. The van der Waals surface area contributed by atoms with Crippen LogP contribution in [0.3, 0.4) is 0 Å². The molecule has 1 heterocycles. The van der Waals surface area contributed by atoms with Crippen molar-refractivity contribution in [2.24, 2.45) is 0 Å². The molecule has 0 saturated carbocycles. The molecule has 7 nitrogen and oxygen atoms in total. The number of rotatable bonds is 4. The van der Waals surface area contributed by atoms with E-state index in [2.05, 4.69) is 20.8 Å². The zero-order chi connectivity index (χ0) is 16.2. The van der Waals surface area contributed by atoms with E-state index in [-0.39, 0.29) is 11.7 Å². The predicted molar refractivity (Wildman–Crippen MR) is 87.9 cm³/mol. The summed E-state index contributed by atoms with van der Waals surface area (Å²) in [5, 5.41) is 14.1. The van der Waals surface area contributed by atoms with Crippen LogP contribution in [0.2, 0.25) is 0 Å². The third-order valence-electron chi connectivity index (χ3n) is 3.31. The number of benzene rings is 2. The second kappa shape index (κ2) is 6.27. The lowest BCUT2D eigenvalue weighted by molar-refractivity contribution is 0.101. The Kier molecular flexibility index (Phi) is 4.01. The Bertz CT molecular complexity index is 795. The lowest BCUT2D eigenvalue weighted by Gasteiger charge is -2.12. The molecule has 1 amide bonds. The maximum atomic E-state index is 12.4. The Morgan fingerprint density at radius 3 is 2.39 bits per heavy atom. The Balaban J connectivity index is 1.85. The molecule has 0 aliphatic rings. The van der Waals surface area contributed by atoms with Crippen LogP contribution in [0.15, 0.2) is 54.6 Å². The minimum atomic E-state index is -0.363. The number of carbonyl (C=O) groups excluding carboxylic acids is 1. The van der Waals surface area contributed by atoms with Gasteiger partial charge in [-0.05, 0) is 46.8 Å². The molecule has 0 aliphatic carbocycles. The van der Waals surface area contributed by atoms with E-state index in [1.807, 2.05) is 61.5 Å². The first-order valence-corrected chi connectivity index (χ1v) is 7.08. The largest absolute Gasteiger partial charge is 0.378 e. The number of aromatic nitrogens is 4. The number of tetrazole rings is 1. The van der Waals surface area contributed by atoms with Gasteiger partial charge in [0.05, 0.1) is 5.69 Å². The van der Waals surface area contributed by atoms with Crippen LogP contribution in [-0.2, 0) is 0 Å². The Morgan fingerprint density at radius 2 is 1.74 bits per heavy atom. The predicted octanol–water partition coefficient (Wildman–Crippen LogP) is 1.98. The second-order valence-electron chi connectivity index (χ2n) is 5.15. The fraction of sp³-hybridized carbons (Fsp3) is 0.125. The zero-order valence-corrected chi connectivity index (χ0v) is 12.8. The molecular formula is C16H16N6O.